The van der Waals surface area contributed by atoms with Crippen LogP contribution in [0.2, 0.25) is 0 Å². The number of carbonyl (C=O) groups is 2. The minimum Gasteiger partial charge on any atom is -0.451 e. The van der Waals surface area contributed by atoms with Gasteiger partial charge in [0.05, 0.1) is 31.0 Å². The Morgan fingerprint density at radius 3 is 2.27 bits per heavy atom. The van der Waals surface area contributed by atoms with Crippen LogP contribution >= 0.6 is 0 Å². The van der Waals surface area contributed by atoms with Crippen molar-refractivity contribution in [1.82, 2.24) is 19.8 Å². The molecule has 9 nitrogen and oxygen atoms in total. The summed E-state index contributed by atoms with van der Waals surface area (Å²) in [4.78, 5) is 34.8. The Morgan fingerprint density at radius 1 is 1.18 bits per heavy atom. The predicted octanol–water partition coefficient (Wildman–Crippen LogP) is 0.644. The van der Waals surface area contributed by atoms with Gasteiger partial charge in [-0.05, 0) is 0 Å². The maximum absolute atomic E-state index is 12.5. The normalized spacial score (nSPS) is 14.2. The Bertz CT molecular complexity index is 589. The number of ether oxygens (including phenoxy) is 1. The summed E-state index contributed by atoms with van der Waals surface area (Å²) in [6.45, 7) is 1.18. The molecular weight excluding hydrogens is 292 g/mol. The highest BCUT2D eigenvalue weighted by atomic mass is 16.6. The molecule has 0 saturated carbocycles. The molecule has 0 aliphatic carbocycles. The third kappa shape index (κ3) is 3.25. The number of cyclic esters (lactones) is 1. The van der Waals surface area contributed by atoms with Gasteiger partial charge in [0.15, 0.2) is 12.8 Å². The van der Waals surface area contributed by atoms with Gasteiger partial charge in [0.2, 0.25) is 5.91 Å². The molecule has 3 rings (SSSR count). The van der Waals surface area contributed by atoms with Crippen molar-refractivity contribution >= 4 is 12.0 Å². The van der Waals surface area contributed by atoms with E-state index in [0.717, 1.165) is 0 Å². The quantitative estimate of drug-likeness (QED) is 0.771. The van der Waals surface area contributed by atoms with Crippen LogP contribution in [0, 0.1) is 0 Å². The van der Waals surface area contributed by atoms with E-state index >= 15 is 0 Å². The van der Waals surface area contributed by atoms with E-state index in [1.807, 2.05) is 0 Å². The van der Waals surface area contributed by atoms with Crippen molar-refractivity contribution in [2.24, 2.45) is 0 Å². The fourth-order valence-electron chi connectivity index (χ4n) is 2.09. The molecule has 1 saturated heterocycles. The number of carbonyl (C=O) groups excluding carboxylic acids is 2. The minimum absolute atomic E-state index is 0.0471. The Labute approximate surface area is 125 Å². The first-order valence-corrected chi connectivity index (χ1v) is 6.66. The number of rotatable bonds is 6. The molecule has 2 aromatic heterocycles. The molecule has 1 fully saturated rings. The molecule has 0 unspecified atom stereocenters. The van der Waals surface area contributed by atoms with Crippen LogP contribution in [-0.4, -0.2) is 51.5 Å². The topological polar surface area (TPSA) is 102 Å². The van der Waals surface area contributed by atoms with Crippen LogP contribution in [0.25, 0.3) is 0 Å². The van der Waals surface area contributed by atoms with Gasteiger partial charge in [0, 0.05) is 0 Å². The summed E-state index contributed by atoms with van der Waals surface area (Å²) >= 11 is 0. The van der Waals surface area contributed by atoms with Crippen LogP contribution in [0.5, 0.6) is 0 Å². The van der Waals surface area contributed by atoms with Gasteiger partial charge < -0.3 is 18.5 Å². The van der Waals surface area contributed by atoms with Gasteiger partial charge in [-0.2, -0.15) is 0 Å². The molecule has 2 aromatic rings. The van der Waals surface area contributed by atoms with Gasteiger partial charge in [-0.1, -0.05) is 0 Å². The van der Waals surface area contributed by atoms with Crippen LogP contribution in [0.15, 0.2) is 34.1 Å². The lowest BCUT2D eigenvalue weighted by molar-refractivity contribution is -0.133. The lowest BCUT2D eigenvalue weighted by Crippen LogP contribution is -2.40. The van der Waals surface area contributed by atoms with Crippen LogP contribution < -0.4 is 0 Å². The number of amides is 2. The first-order valence-electron chi connectivity index (χ1n) is 6.66. The zero-order valence-electron chi connectivity index (χ0n) is 11.7. The average Bonchev–Trinajstić information content (AvgIpc) is 3.23. The van der Waals surface area contributed by atoms with Gasteiger partial charge in [0.1, 0.15) is 25.7 Å². The van der Waals surface area contributed by atoms with E-state index in [-0.39, 0.29) is 25.5 Å². The molecule has 3 heterocycles. The molecule has 0 N–H and O–H groups in total. The van der Waals surface area contributed by atoms with E-state index in [1.165, 1.54) is 35.1 Å². The Balaban J connectivity index is 1.68. The Kier molecular flexibility index (Phi) is 4.03. The van der Waals surface area contributed by atoms with Crippen molar-refractivity contribution in [2.45, 2.75) is 13.1 Å². The monoisotopic (exact) mass is 306 g/mol. The van der Waals surface area contributed by atoms with Crippen LogP contribution in [0.1, 0.15) is 11.4 Å². The first kappa shape index (κ1) is 14.1. The molecule has 116 valence electrons. The summed E-state index contributed by atoms with van der Waals surface area (Å²) in [6.07, 6.45) is 5.05. The molecule has 2 amide bonds. The van der Waals surface area contributed by atoms with Crippen molar-refractivity contribution < 1.29 is 23.2 Å². The van der Waals surface area contributed by atoms with Crippen LogP contribution in [0.4, 0.5) is 4.79 Å². The van der Waals surface area contributed by atoms with E-state index in [1.54, 1.807) is 0 Å². The van der Waals surface area contributed by atoms with Crippen molar-refractivity contribution in [3.8, 4) is 0 Å². The standard InChI is InChI=1S/C13H14N4O5/c18-12(5-16-1-2-22-13(16)19)17(3-10-6-20-8-14-10)4-11-7-21-9-15-11/h6-9H,1-5H2. The zero-order valence-corrected chi connectivity index (χ0v) is 11.7. The molecular formula is C13H14N4O5. The van der Waals surface area contributed by atoms with Crippen molar-refractivity contribution in [3.05, 3.63) is 36.7 Å². The summed E-state index contributed by atoms with van der Waals surface area (Å²) in [5, 5.41) is 0. The largest absolute Gasteiger partial charge is 0.451 e. The van der Waals surface area contributed by atoms with E-state index in [4.69, 9.17) is 13.6 Å². The number of hydrogen-bond acceptors (Lipinski definition) is 7. The summed E-state index contributed by atoms with van der Waals surface area (Å²) in [6, 6.07) is 0. The lowest BCUT2D eigenvalue weighted by Gasteiger charge is -2.22. The van der Waals surface area contributed by atoms with E-state index in [9.17, 15) is 9.59 Å². The summed E-state index contributed by atoms with van der Waals surface area (Å²) in [7, 11) is 0. The van der Waals surface area contributed by atoms with Crippen LogP contribution in [-0.2, 0) is 22.6 Å². The van der Waals surface area contributed by atoms with Crippen LogP contribution in [0.3, 0.4) is 0 Å². The summed E-state index contributed by atoms with van der Waals surface area (Å²) < 4.78 is 14.6. The second-order valence-electron chi connectivity index (χ2n) is 4.75. The second kappa shape index (κ2) is 6.29. The molecule has 22 heavy (non-hydrogen) atoms. The van der Waals surface area contributed by atoms with Gasteiger partial charge in [-0.3, -0.25) is 9.69 Å². The molecule has 9 heteroatoms. The first-order chi connectivity index (χ1) is 10.7. The lowest BCUT2D eigenvalue weighted by atomic mass is 10.3. The summed E-state index contributed by atoms with van der Waals surface area (Å²) in [5.41, 5.74) is 1.22. The Morgan fingerprint density at radius 2 is 1.82 bits per heavy atom. The van der Waals surface area contributed by atoms with E-state index < -0.39 is 6.09 Å². The molecule has 1 aliphatic heterocycles. The van der Waals surface area contributed by atoms with Gasteiger partial charge in [0.25, 0.3) is 0 Å². The highest BCUT2D eigenvalue weighted by molar-refractivity contribution is 5.82. The fourth-order valence-corrected chi connectivity index (χ4v) is 2.09. The SMILES string of the molecule is O=C(CN1CCOC1=O)N(Cc1cocn1)Cc1cocn1. The van der Waals surface area contributed by atoms with Gasteiger partial charge in [-0.15, -0.1) is 0 Å². The molecule has 0 spiro atoms. The van der Waals surface area contributed by atoms with Crippen molar-refractivity contribution in [2.75, 3.05) is 19.7 Å². The highest BCUT2D eigenvalue weighted by Gasteiger charge is 2.27. The third-order valence-corrected chi connectivity index (χ3v) is 3.20. The molecule has 0 aromatic carbocycles. The second-order valence-corrected chi connectivity index (χ2v) is 4.75. The van der Waals surface area contributed by atoms with Crippen molar-refractivity contribution in [3.63, 3.8) is 0 Å². The minimum atomic E-state index is -0.476. The van der Waals surface area contributed by atoms with Gasteiger partial charge in [-0.25, -0.2) is 14.8 Å². The van der Waals surface area contributed by atoms with E-state index in [0.29, 0.717) is 24.5 Å². The number of hydrogen-bond donors (Lipinski definition) is 0. The number of aromatic nitrogens is 2. The maximum Gasteiger partial charge on any atom is 0.410 e. The molecule has 0 atom stereocenters. The number of oxazole rings is 2. The van der Waals surface area contributed by atoms with Crippen molar-refractivity contribution in [1.29, 1.82) is 0 Å². The van der Waals surface area contributed by atoms with Gasteiger partial charge >= 0.3 is 6.09 Å². The number of nitrogens with zero attached hydrogens (tertiary/aromatic N) is 4. The smallest absolute Gasteiger partial charge is 0.410 e. The van der Waals surface area contributed by atoms with E-state index in [2.05, 4.69) is 9.97 Å². The predicted molar refractivity (Wildman–Crippen MR) is 70.2 cm³/mol. The average molecular weight is 306 g/mol. The molecule has 0 bridgehead atoms. The highest BCUT2D eigenvalue weighted by Crippen LogP contribution is 2.10. The molecule has 1 aliphatic rings. The Hall–Kier alpha value is -2.84. The third-order valence-electron chi connectivity index (χ3n) is 3.20. The molecule has 0 radical (unpaired) electrons. The summed E-state index contributed by atoms with van der Waals surface area (Å²) in [5.74, 6) is -0.232. The fraction of sp³-hybridized carbons (Fsp3) is 0.385. The zero-order chi connectivity index (χ0) is 15.4. The maximum atomic E-state index is 12.5.